The zero-order valence-electron chi connectivity index (χ0n) is 10.2. The van der Waals surface area contributed by atoms with Gasteiger partial charge >= 0.3 is 0 Å². The Morgan fingerprint density at radius 1 is 1.29 bits per heavy atom. The molecule has 1 heterocycles. The summed E-state index contributed by atoms with van der Waals surface area (Å²) in [5, 5.41) is 10.4. The first kappa shape index (κ1) is 11.8. The van der Waals surface area contributed by atoms with E-state index in [9.17, 15) is 5.11 Å². The van der Waals surface area contributed by atoms with Crippen molar-refractivity contribution >= 4 is 0 Å². The predicted molar refractivity (Wildman–Crippen MR) is 68.9 cm³/mol. The van der Waals surface area contributed by atoms with Gasteiger partial charge in [0.25, 0.3) is 0 Å². The minimum atomic E-state index is -0.562. The van der Waals surface area contributed by atoms with E-state index in [1.54, 1.807) is 6.20 Å². The molecule has 1 aromatic heterocycles. The van der Waals surface area contributed by atoms with E-state index in [4.69, 9.17) is 0 Å². The smallest absolute Gasteiger partial charge is 0.104 e. The van der Waals surface area contributed by atoms with Crippen LogP contribution in [0.25, 0.3) is 0 Å². The van der Waals surface area contributed by atoms with Crippen molar-refractivity contribution in [1.29, 1.82) is 0 Å². The standard InChI is InChI=1S/C15H17NO/c1-3-12-10-16-8-7-14(12)15(17)13-6-4-5-11(2)9-13/h4-10,15,17H,3H2,1-2H3. The Bertz CT molecular complexity index is 508. The summed E-state index contributed by atoms with van der Waals surface area (Å²) < 4.78 is 0. The molecule has 0 bridgehead atoms. The fourth-order valence-electron chi connectivity index (χ4n) is 2.02. The van der Waals surface area contributed by atoms with Crippen molar-refractivity contribution in [3.05, 3.63) is 65.0 Å². The van der Waals surface area contributed by atoms with E-state index in [-0.39, 0.29) is 0 Å². The van der Waals surface area contributed by atoms with E-state index < -0.39 is 6.10 Å². The van der Waals surface area contributed by atoms with Gasteiger partial charge in [-0.05, 0) is 36.1 Å². The molecule has 2 heteroatoms. The first-order valence-corrected chi connectivity index (χ1v) is 5.89. The Balaban J connectivity index is 2.40. The minimum Gasteiger partial charge on any atom is -0.384 e. The fourth-order valence-corrected chi connectivity index (χ4v) is 2.02. The molecule has 88 valence electrons. The second-order valence-corrected chi connectivity index (χ2v) is 4.24. The first-order valence-electron chi connectivity index (χ1n) is 5.89. The van der Waals surface area contributed by atoms with Gasteiger partial charge in [-0.25, -0.2) is 0 Å². The molecule has 0 radical (unpaired) electrons. The van der Waals surface area contributed by atoms with Gasteiger partial charge in [0.05, 0.1) is 0 Å². The van der Waals surface area contributed by atoms with Crippen LogP contribution in [0.2, 0.25) is 0 Å². The molecule has 1 N–H and O–H groups in total. The number of aliphatic hydroxyl groups excluding tert-OH is 1. The van der Waals surface area contributed by atoms with Crippen LogP contribution in [0.1, 0.15) is 35.3 Å². The number of benzene rings is 1. The van der Waals surface area contributed by atoms with Crippen molar-refractivity contribution in [2.75, 3.05) is 0 Å². The molecule has 0 aliphatic heterocycles. The highest BCUT2D eigenvalue weighted by Crippen LogP contribution is 2.25. The number of pyridine rings is 1. The van der Waals surface area contributed by atoms with Crippen LogP contribution in [0.15, 0.2) is 42.7 Å². The van der Waals surface area contributed by atoms with Gasteiger partial charge in [0, 0.05) is 12.4 Å². The third-order valence-corrected chi connectivity index (χ3v) is 2.97. The molecule has 0 aliphatic carbocycles. The highest BCUT2D eigenvalue weighted by Gasteiger charge is 2.13. The molecule has 2 nitrogen and oxygen atoms in total. The second-order valence-electron chi connectivity index (χ2n) is 4.24. The van der Waals surface area contributed by atoms with Crippen molar-refractivity contribution in [3.63, 3.8) is 0 Å². The summed E-state index contributed by atoms with van der Waals surface area (Å²) in [6, 6.07) is 9.87. The van der Waals surface area contributed by atoms with Gasteiger partial charge in [0.15, 0.2) is 0 Å². The Morgan fingerprint density at radius 2 is 2.12 bits per heavy atom. The number of aromatic nitrogens is 1. The Kier molecular flexibility index (Phi) is 3.55. The van der Waals surface area contributed by atoms with Gasteiger partial charge in [0.1, 0.15) is 6.10 Å². The Hall–Kier alpha value is -1.67. The third kappa shape index (κ3) is 2.53. The molecule has 1 aromatic carbocycles. The van der Waals surface area contributed by atoms with Gasteiger partial charge in [-0.2, -0.15) is 0 Å². The monoisotopic (exact) mass is 227 g/mol. The molecule has 0 fully saturated rings. The van der Waals surface area contributed by atoms with Crippen molar-refractivity contribution < 1.29 is 5.11 Å². The maximum atomic E-state index is 10.4. The predicted octanol–water partition coefficient (Wildman–Crippen LogP) is 3.03. The topological polar surface area (TPSA) is 33.1 Å². The molecule has 1 unspecified atom stereocenters. The average molecular weight is 227 g/mol. The SMILES string of the molecule is CCc1cnccc1C(O)c1cccc(C)c1. The molecule has 17 heavy (non-hydrogen) atoms. The van der Waals surface area contributed by atoms with E-state index in [1.807, 2.05) is 43.5 Å². The summed E-state index contributed by atoms with van der Waals surface area (Å²) in [6.45, 7) is 4.10. The molecular formula is C15H17NO. The average Bonchev–Trinajstić information content (AvgIpc) is 2.38. The van der Waals surface area contributed by atoms with Crippen molar-refractivity contribution in [2.24, 2.45) is 0 Å². The zero-order chi connectivity index (χ0) is 12.3. The van der Waals surface area contributed by atoms with Crippen molar-refractivity contribution in [1.82, 2.24) is 4.98 Å². The maximum absolute atomic E-state index is 10.4. The van der Waals surface area contributed by atoms with Crippen LogP contribution >= 0.6 is 0 Å². The number of nitrogens with zero attached hydrogens (tertiary/aromatic N) is 1. The molecule has 0 saturated carbocycles. The molecule has 1 atom stereocenters. The van der Waals surface area contributed by atoms with Crippen LogP contribution in [-0.2, 0) is 6.42 Å². The quantitative estimate of drug-likeness (QED) is 0.874. The van der Waals surface area contributed by atoms with Gasteiger partial charge in [0.2, 0.25) is 0 Å². The Morgan fingerprint density at radius 3 is 2.82 bits per heavy atom. The van der Waals surface area contributed by atoms with Crippen LogP contribution in [0.3, 0.4) is 0 Å². The lowest BCUT2D eigenvalue weighted by Gasteiger charge is -2.15. The van der Waals surface area contributed by atoms with Gasteiger partial charge in [-0.15, -0.1) is 0 Å². The molecule has 2 rings (SSSR count). The lowest BCUT2D eigenvalue weighted by molar-refractivity contribution is 0.219. The molecule has 2 aromatic rings. The summed E-state index contributed by atoms with van der Waals surface area (Å²) in [7, 11) is 0. The first-order chi connectivity index (χ1) is 8.22. The van der Waals surface area contributed by atoms with E-state index in [0.29, 0.717) is 0 Å². The normalized spacial score (nSPS) is 12.4. The van der Waals surface area contributed by atoms with E-state index in [0.717, 1.165) is 28.7 Å². The van der Waals surface area contributed by atoms with Gasteiger partial charge in [-0.3, -0.25) is 4.98 Å². The second kappa shape index (κ2) is 5.11. The summed E-state index contributed by atoms with van der Waals surface area (Å²) in [5.41, 5.74) is 4.15. The summed E-state index contributed by atoms with van der Waals surface area (Å²) in [6.07, 6.45) is 3.88. The molecular weight excluding hydrogens is 210 g/mol. The summed E-state index contributed by atoms with van der Waals surface area (Å²) >= 11 is 0. The van der Waals surface area contributed by atoms with Crippen LogP contribution in [0.5, 0.6) is 0 Å². The zero-order valence-corrected chi connectivity index (χ0v) is 10.2. The number of hydrogen-bond donors (Lipinski definition) is 1. The highest BCUT2D eigenvalue weighted by atomic mass is 16.3. The number of aliphatic hydroxyl groups is 1. The summed E-state index contributed by atoms with van der Waals surface area (Å²) in [5.74, 6) is 0. The molecule has 0 spiro atoms. The van der Waals surface area contributed by atoms with E-state index in [2.05, 4.69) is 11.9 Å². The third-order valence-electron chi connectivity index (χ3n) is 2.97. The summed E-state index contributed by atoms with van der Waals surface area (Å²) in [4.78, 5) is 4.10. The number of hydrogen-bond acceptors (Lipinski definition) is 2. The molecule has 0 amide bonds. The molecule has 0 aliphatic rings. The van der Waals surface area contributed by atoms with Crippen molar-refractivity contribution in [2.45, 2.75) is 26.4 Å². The van der Waals surface area contributed by atoms with E-state index in [1.165, 1.54) is 0 Å². The van der Waals surface area contributed by atoms with Crippen LogP contribution in [-0.4, -0.2) is 10.1 Å². The van der Waals surface area contributed by atoms with Crippen LogP contribution in [0.4, 0.5) is 0 Å². The Labute approximate surface area is 102 Å². The number of rotatable bonds is 3. The lowest BCUT2D eigenvalue weighted by Crippen LogP contribution is -2.04. The number of aryl methyl sites for hydroxylation is 2. The maximum Gasteiger partial charge on any atom is 0.104 e. The largest absolute Gasteiger partial charge is 0.384 e. The lowest BCUT2D eigenvalue weighted by atomic mass is 9.96. The van der Waals surface area contributed by atoms with E-state index >= 15 is 0 Å². The fraction of sp³-hybridized carbons (Fsp3) is 0.267. The van der Waals surface area contributed by atoms with Gasteiger partial charge in [-0.1, -0.05) is 36.8 Å². The van der Waals surface area contributed by atoms with Gasteiger partial charge < -0.3 is 5.11 Å². The molecule has 0 saturated heterocycles. The highest BCUT2D eigenvalue weighted by molar-refractivity contribution is 5.35. The minimum absolute atomic E-state index is 0.562. The van der Waals surface area contributed by atoms with Crippen molar-refractivity contribution in [3.8, 4) is 0 Å². The van der Waals surface area contributed by atoms with Crippen LogP contribution < -0.4 is 0 Å². The van der Waals surface area contributed by atoms with Crippen LogP contribution in [0, 0.1) is 6.92 Å².